The maximum Gasteiger partial charge on any atom is 0.410 e. The summed E-state index contributed by atoms with van der Waals surface area (Å²) in [6.45, 7) is 4.71. The van der Waals surface area contributed by atoms with Crippen LogP contribution in [0, 0.1) is 5.41 Å². The van der Waals surface area contributed by atoms with E-state index in [1.807, 2.05) is 30.3 Å². The monoisotopic (exact) mass is 262 g/mol. The molecule has 104 valence electrons. The molecule has 1 saturated heterocycles. The van der Waals surface area contributed by atoms with Crippen LogP contribution in [0.5, 0.6) is 0 Å². The van der Waals surface area contributed by atoms with Gasteiger partial charge in [-0.25, -0.2) is 4.79 Å². The molecule has 4 heteroatoms. The summed E-state index contributed by atoms with van der Waals surface area (Å²) in [5.41, 5.74) is 6.78. The molecule has 0 saturated carbocycles. The molecule has 1 fully saturated rings. The third-order valence-corrected chi connectivity index (χ3v) is 3.77. The lowest BCUT2D eigenvalue weighted by Crippen LogP contribution is -2.32. The molecule has 1 aromatic rings. The van der Waals surface area contributed by atoms with Gasteiger partial charge in [0.2, 0.25) is 0 Å². The van der Waals surface area contributed by atoms with E-state index in [2.05, 4.69) is 6.92 Å². The Labute approximate surface area is 114 Å². The molecule has 0 radical (unpaired) electrons. The third-order valence-electron chi connectivity index (χ3n) is 3.77. The van der Waals surface area contributed by atoms with Gasteiger partial charge in [-0.1, -0.05) is 37.3 Å². The van der Waals surface area contributed by atoms with Gasteiger partial charge in [-0.2, -0.15) is 0 Å². The number of hydrogen-bond donors (Lipinski definition) is 1. The van der Waals surface area contributed by atoms with Crippen LogP contribution in [0.25, 0.3) is 0 Å². The summed E-state index contributed by atoms with van der Waals surface area (Å²) in [6.07, 6.45) is 1.74. The number of nitrogens with two attached hydrogens (primary N) is 1. The Morgan fingerprint density at radius 1 is 1.42 bits per heavy atom. The van der Waals surface area contributed by atoms with Crippen LogP contribution in [0.15, 0.2) is 30.3 Å². The lowest BCUT2D eigenvalue weighted by Gasteiger charge is -2.23. The van der Waals surface area contributed by atoms with Gasteiger partial charge in [0.15, 0.2) is 0 Å². The minimum Gasteiger partial charge on any atom is -0.445 e. The summed E-state index contributed by atoms with van der Waals surface area (Å²) in [5.74, 6) is 0. The molecule has 0 aliphatic carbocycles. The number of benzene rings is 1. The van der Waals surface area contributed by atoms with Gasteiger partial charge in [0.25, 0.3) is 0 Å². The van der Waals surface area contributed by atoms with Gasteiger partial charge in [0.1, 0.15) is 6.61 Å². The van der Waals surface area contributed by atoms with Gasteiger partial charge in [-0.15, -0.1) is 0 Å². The fourth-order valence-electron chi connectivity index (χ4n) is 2.54. The fraction of sp³-hybridized carbons (Fsp3) is 0.533. The van der Waals surface area contributed by atoms with E-state index in [1.165, 1.54) is 0 Å². The van der Waals surface area contributed by atoms with Crippen molar-refractivity contribution in [1.29, 1.82) is 0 Å². The molecule has 0 spiro atoms. The van der Waals surface area contributed by atoms with E-state index >= 15 is 0 Å². The summed E-state index contributed by atoms with van der Waals surface area (Å²) in [5, 5.41) is 0. The van der Waals surface area contributed by atoms with Crippen molar-refractivity contribution in [1.82, 2.24) is 4.90 Å². The smallest absolute Gasteiger partial charge is 0.410 e. The quantitative estimate of drug-likeness (QED) is 0.906. The number of carbonyl (C=O) groups excluding carboxylic acids is 1. The second kappa shape index (κ2) is 6.06. The Morgan fingerprint density at radius 2 is 2.16 bits per heavy atom. The molecule has 19 heavy (non-hydrogen) atoms. The largest absolute Gasteiger partial charge is 0.445 e. The second-order valence-electron chi connectivity index (χ2n) is 5.56. The SMILES string of the molecule is CC1(CCN)CCN(C(=O)OCc2ccccc2)C1. The van der Waals surface area contributed by atoms with E-state index in [0.717, 1.165) is 31.5 Å². The molecule has 2 rings (SSSR count). The Balaban J connectivity index is 1.82. The van der Waals surface area contributed by atoms with E-state index < -0.39 is 0 Å². The highest BCUT2D eigenvalue weighted by Crippen LogP contribution is 2.33. The number of ether oxygens (including phenoxy) is 1. The third kappa shape index (κ3) is 3.70. The van der Waals surface area contributed by atoms with Crippen LogP contribution in [-0.4, -0.2) is 30.6 Å². The maximum atomic E-state index is 12.0. The molecule has 4 nitrogen and oxygen atoms in total. The predicted molar refractivity (Wildman–Crippen MR) is 74.6 cm³/mol. The molecule has 1 atom stereocenters. The highest BCUT2D eigenvalue weighted by molar-refractivity contribution is 5.68. The molecule has 1 aromatic carbocycles. The van der Waals surface area contributed by atoms with E-state index in [4.69, 9.17) is 10.5 Å². The van der Waals surface area contributed by atoms with Crippen LogP contribution in [0.2, 0.25) is 0 Å². The Bertz CT molecular complexity index is 421. The van der Waals surface area contributed by atoms with E-state index in [1.54, 1.807) is 4.90 Å². The minimum absolute atomic E-state index is 0.153. The highest BCUT2D eigenvalue weighted by Gasteiger charge is 2.35. The van der Waals surface area contributed by atoms with Crippen LogP contribution < -0.4 is 5.73 Å². The zero-order valence-electron chi connectivity index (χ0n) is 11.5. The van der Waals surface area contributed by atoms with Crippen LogP contribution in [0.4, 0.5) is 4.79 Å². The molecule has 1 aliphatic rings. The topological polar surface area (TPSA) is 55.6 Å². The fourth-order valence-corrected chi connectivity index (χ4v) is 2.54. The second-order valence-corrected chi connectivity index (χ2v) is 5.56. The number of hydrogen-bond acceptors (Lipinski definition) is 3. The average Bonchev–Trinajstić information content (AvgIpc) is 2.80. The van der Waals surface area contributed by atoms with E-state index in [0.29, 0.717) is 13.2 Å². The maximum absolute atomic E-state index is 12.0. The summed E-state index contributed by atoms with van der Waals surface area (Å²) < 4.78 is 5.34. The lowest BCUT2D eigenvalue weighted by atomic mass is 9.86. The number of likely N-dealkylation sites (tertiary alicyclic amines) is 1. The highest BCUT2D eigenvalue weighted by atomic mass is 16.6. The van der Waals surface area contributed by atoms with Crippen molar-refractivity contribution in [3.05, 3.63) is 35.9 Å². The first-order valence-corrected chi connectivity index (χ1v) is 6.79. The van der Waals surface area contributed by atoms with Crippen molar-refractivity contribution in [3.63, 3.8) is 0 Å². The van der Waals surface area contributed by atoms with Crippen molar-refractivity contribution in [2.75, 3.05) is 19.6 Å². The van der Waals surface area contributed by atoms with Crippen molar-refractivity contribution >= 4 is 6.09 Å². The van der Waals surface area contributed by atoms with Crippen LogP contribution >= 0.6 is 0 Å². The van der Waals surface area contributed by atoms with Crippen molar-refractivity contribution in [2.45, 2.75) is 26.4 Å². The molecular formula is C15H22N2O2. The first-order chi connectivity index (χ1) is 9.13. The van der Waals surface area contributed by atoms with E-state index in [9.17, 15) is 4.79 Å². The Kier molecular flexibility index (Phi) is 4.43. The summed E-state index contributed by atoms with van der Waals surface area (Å²) in [4.78, 5) is 13.8. The Morgan fingerprint density at radius 3 is 2.84 bits per heavy atom. The van der Waals surface area contributed by atoms with Crippen molar-refractivity contribution in [2.24, 2.45) is 11.1 Å². The zero-order chi connectivity index (χ0) is 13.7. The number of rotatable bonds is 4. The number of amides is 1. The predicted octanol–water partition coefficient (Wildman–Crippen LogP) is 2.38. The number of carbonyl (C=O) groups is 1. The normalized spacial score (nSPS) is 22.5. The molecular weight excluding hydrogens is 240 g/mol. The van der Waals surface area contributed by atoms with Crippen molar-refractivity contribution in [3.8, 4) is 0 Å². The first kappa shape index (κ1) is 13.9. The van der Waals surface area contributed by atoms with Crippen LogP contribution in [-0.2, 0) is 11.3 Å². The average molecular weight is 262 g/mol. The van der Waals surface area contributed by atoms with Crippen molar-refractivity contribution < 1.29 is 9.53 Å². The molecule has 0 bridgehead atoms. The lowest BCUT2D eigenvalue weighted by molar-refractivity contribution is 0.0999. The van der Waals surface area contributed by atoms with Crippen LogP contribution in [0.3, 0.4) is 0 Å². The van der Waals surface area contributed by atoms with Crippen LogP contribution in [0.1, 0.15) is 25.3 Å². The minimum atomic E-state index is -0.218. The molecule has 1 unspecified atom stereocenters. The van der Waals surface area contributed by atoms with Gasteiger partial charge in [0.05, 0.1) is 0 Å². The van der Waals surface area contributed by atoms with E-state index in [-0.39, 0.29) is 11.5 Å². The van der Waals surface area contributed by atoms with Gasteiger partial charge in [-0.05, 0) is 30.4 Å². The van der Waals surface area contributed by atoms with Gasteiger partial charge >= 0.3 is 6.09 Å². The summed E-state index contributed by atoms with van der Waals surface area (Å²) in [7, 11) is 0. The summed E-state index contributed by atoms with van der Waals surface area (Å²) in [6, 6.07) is 9.74. The number of nitrogens with zero attached hydrogens (tertiary/aromatic N) is 1. The molecule has 0 aromatic heterocycles. The molecule has 2 N–H and O–H groups in total. The standard InChI is InChI=1S/C15H22N2O2/c1-15(7-9-16)8-10-17(12-15)14(18)19-11-13-5-3-2-4-6-13/h2-6H,7-12,16H2,1H3. The van der Waals surface area contributed by atoms with Gasteiger partial charge < -0.3 is 15.4 Å². The van der Waals surface area contributed by atoms with Gasteiger partial charge in [0, 0.05) is 13.1 Å². The molecule has 1 aliphatic heterocycles. The first-order valence-electron chi connectivity index (χ1n) is 6.79. The molecule has 1 amide bonds. The zero-order valence-corrected chi connectivity index (χ0v) is 11.5. The Hall–Kier alpha value is -1.55. The summed E-state index contributed by atoms with van der Waals surface area (Å²) >= 11 is 0. The molecule has 1 heterocycles. The van der Waals surface area contributed by atoms with Gasteiger partial charge in [-0.3, -0.25) is 0 Å².